The first-order valence-electron chi connectivity index (χ1n) is 11.5. The van der Waals surface area contributed by atoms with E-state index < -0.39 is 0 Å². The smallest absolute Gasteiger partial charge is 0.270 e. The number of carbonyl (C=O) groups is 1. The molecule has 2 fully saturated rings. The lowest BCUT2D eigenvalue weighted by molar-refractivity contribution is 0.0815. The van der Waals surface area contributed by atoms with Gasteiger partial charge in [0.2, 0.25) is 10.6 Å². The van der Waals surface area contributed by atoms with Gasteiger partial charge < -0.3 is 14.8 Å². The number of nitrogens with zero attached hydrogens (tertiary/aromatic N) is 6. The third-order valence-electron chi connectivity index (χ3n) is 6.27. The Morgan fingerprint density at radius 3 is 2.32 bits per heavy atom. The standard InChI is InChI=1S/C14H17ClN4O.C9H11BrClN3/c1-18(2)13(20)11-7-9-8-16-14(15)17-12(9)19(11)10-5-3-4-6-10;10-7-5-12-9(11)14-8(7)13-6-3-1-2-4-6/h7-8,10H,3-6H2,1-2H3;5-6H,1-4H2,(H,12,13,14). The van der Waals surface area contributed by atoms with Gasteiger partial charge in [-0.3, -0.25) is 4.79 Å². The summed E-state index contributed by atoms with van der Waals surface area (Å²) in [7, 11) is 3.52. The first-order valence-corrected chi connectivity index (χ1v) is 13.1. The first kappa shape index (κ1) is 25.1. The molecule has 8 nitrogen and oxygen atoms in total. The zero-order valence-corrected chi connectivity index (χ0v) is 22.4. The molecule has 0 unspecified atom stereocenters. The lowest BCUT2D eigenvalue weighted by Crippen LogP contribution is -2.25. The molecular formula is C23H28BrCl2N7O. The third kappa shape index (κ3) is 5.80. The van der Waals surface area contributed by atoms with Crippen LogP contribution in [0.3, 0.4) is 0 Å². The number of fused-ring (bicyclic) bond motifs is 1. The molecule has 1 amide bonds. The van der Waals surface area contributed by atoms with Crippen molar-refractivity contribution >= 4 is 61.9 Å². The van der Waals surface area contributed by atoms with Crippen molar-refractivity contribution in [1.82, 2.24) is 29.4 Å². The van der Waals surface area contributed by atoms with Crippen LogP contribution in [0.15, 0.2) is 22.9 Å². The van der Waals surface area contributed by atoms with Crippen LogP contribution in [0.5, 0.6) is 0 Å². The van der Waals surface area contributed by atoms with Crippen molar-refractivity contribution in [2.75, 3.05) is 19.4 Å². The Bertz CT molecular complexity index is 1160. The summed E-state index contributed by atoms with van der Waals surface area (Å²) in [5.74, 6) is 0.794. The Labute approximate surface area is 217 Å². The highest BCUT2D eigenvalue weighted by molar-refractivity contribution is 9.10. The minimum absolute atomic E-state index is 0.00831. The van der Waals surface area contributed by atoms with E-state index in [9.17, 15) is 4.79 Å². The molecule has 3 heterocycles. The fraction of sp³-hybridized carbons (Fsp3) is 0.522. The number of aromatic nitrogens is 5. The van der Waals surface area contributed by atoms with Crippen LogP contribution in [-0.4, -0.2) is 55.4 Å². The Kier molecular flexibility index (Phi) is 8.26. The molecule has 2 aliphatic carbocycles. The number of rotatable bonds is 4. The molecule has 0 bridgehead atoms. The van der Waals surface area contributed by atoms with Gasteiger partial charge in [0, 0.05) is 44.0 Å². The van der Waals surface area contributed by atoms with Crippen molar-refractivity contribution in [2.45, 2.75) is 63.5 Å². The molecule has 5 rings (SSSR count). The second-order valence-corrected chi connectivity index (χ2v) is 10.4. The highest BCUT2D eigenvalue weighted by Gasteiger charge is 2.26. The summed E-state index contributed by atoms with van der Waals surface area (Å²) in [5, 5.41) is 4.74. The largest absolute Gasteiger partial charge is 0.366 e. The van der Waals surface area contributed by atoms with Crippen LogP contribution in [0.4, 0.5) is 5.82 Å². The van der Waals surface area contributed by atoms with Gasteiger partial charge >= 0.3 is 0 Å². The van der Waals surface area contributed by atoms with E-state index >= 15 is 0 Å². The van der Waals surface area contributed by atoms with Gasteiger partial charge in [-0.15, -0.1) is 0 Å². The number of nitrogens with one attached hydrogen (secondary N) is 1. The molecule has 11 heteroatoms. The second-order valence-electron chi connectivity index (χ2n) is 8.92. The number of halogens is 3. The Morgan fingerprint density at radius 2 is 1.65 bits per heavy atom. The number of anilines is 1. The summed E-state index contributed by atoms with van der Waals surface area (Å²) < 4.78 is 2.92. The highest BCUT2D eigenvalue weighted by atomic mass is 79.9. The average Bonchev–Trinajstić information content (AvgIpc) is 3.56. The van der Waals surface area contributed by atoms with E-state index in [-0.39, 0.29) is 16.5 Å². The van der Waals surface area contributed by atoms with E-state index in [4.69, 9.17) is 23.2 Å². The van der Waals surface area contributed by atoms with Crippen molar-refractivity contribution in [3.8, 4) is 0 Å². The summed E-state index contributed by atoms with van der Waals surface area (Å²) in [5.41, 5.74) is 1.44. The molecule has 34 heavy (non-hydrogen) atoms. The molecule has 2 saturated carbocycles. The van der Waals surface area contributed by atoms with Gasteiger partial charge in [0.1, 0.15) is 17.2 Å². The molecule has 3 aromatic heterocycles. The fourth-order valence-corrected chi connectivity index (χ4v) is 5.19. The maximum Gasteiger partial charge on any atom is 0.270 e. The zero-order chi connectivity index (χ0) is 24.2. The topological polar surface area (TPSA) is 88.8 Å². The molecule has 0 atom stereocenters. The number of hydrogen-bond donors (Lipinski definition) is 1. The minimum Gasteiger partial charge on any atom is -0.366 e. The van der Waals surface area contributed by atoms with Crippen LogP contribution in [0.1, 0.15) is 67.9 Å². The normalized spacial score (nSPS) is 16.5. The van der Waals surface area contributed by atoms with Gasteiger partial charge in [-0.05, 0) is 70.9 Å². The van der Waals surface area contributed by atoms with Gasteiger partial charge in [0.05, 0.1) is 4.47 Å². The van der Waals surface area contributed by atoms with E-state index in [0.717, 1.165) is 34.2 Å². The van der Waals surface area contributed by atoms with Crippen molar-refractivity contribution in [1.29, 1.82) is 0 Å². The fourth-order valence-electron chi connectivity index (χ4n) is 4.62. The van der Waals surface area contributed by atoms with Gasteiger partial charge in [0.25, 0.3) is 5.91 Å². The number of carbonyl (C=O) groups excluding carboxylic acids is 1. The summed E-state index contributed by atoms with van der Waals surface area (Å²) in [6.07, 6.45) is 12.9. The van der Waals surface area contributed by atoms with E-state index in [1.807, 2.05) is 6.07 Å². The van der Waals surface area contributed by atoms with Gasteiger partial charge in [-0.1, -0.05) is 25.7 Å². The maximum absolute atomic E-state index is 12.4. The zero-order valence-electron chi connectivity index (χ0n) is 19.3. The number of hydrogen-bond acceptors (Lipinski definition) is 6. The molecule has 3 aromatic rings. The van der Waals surface area contributed by atoms with Crippen molar-refractivity contribution in [2.24, 2.45) is 0 Å². The second kappa shape index (κ2) is 11.2. The van der Waals surface area contributed by atoms with E-state index in [0.29, 0.717) is 17.8 Å². The average molecular weight is 569 g/mol. The Morgan fingerprint density at radius 1 is 1.03 bits per heavy atom. The monoisotopic (exact) mass is 567 g/mol. The van der Waals surface area contributed by atoms with Crippen LogP contribution in [0.2, 0.25) is 10.6 Å². The van der Waals surface area contributed by atoms with E-state index in [1.165, 1.54) is 38.5 Å². The number of amides is 1. The molecule has 1 N–H and O–H groups in total. The highest BCUT2D eigenvalue weighted by Crippen LogP contribution is 2.34. The molecule has 0 aliphatic heterocycles. The van der Waals surface area contributed by atoms with Gasteiger partial charge in [-0.2, -0.15) is 9.97 Å². The molecular weight excluding hydrogens is 541 g/mol. The van der Waals surface area contributed by atoms with Crippen molar-refractivity contribution in [3.63, 3.8) is 0 Å². The quantitative estimate of drug-likeness (QED) is 0.380. The van der Waals surface area contributed by atoms with Crippen molar-refractivity contribution < 1.29 is 4.79 Å². The SMILES string of the molecule is CN(C)C(=O)c1cc2cnc(Cl)nc2n1C1CCCC1.Clc1ncc(Br)c(NC2CCCC2)n1. The molecule has 0 aromatic carbocycles. The van der Waals surface area contributed by atoms with Crippen LogP contribution >= 0.6 is 39.1 Å². The summed E-state index contributed by atoms with van der Waals surface area (Å²) in [4.78, 5) is 30.3. The predicted molar refractivity (Wildman–Crippen MR) is 139 cm³/mol. The first-order chi connectivity index (χ1) is 16.3. The van der Waals surface area contributed by atoms with Crippen LogP contribution in [-0.2, 0) is 0 Å². The summed E-state index contributed by atoms with van der Waals surface area (Å²) in [6.45, 7) is 0. The predicted octanol–water partition coefficient (Wildman–Crippen LogP) is 6.15. The Balaban J connectivity index is 0.000000172. The molecule has 182 valence electrons. The molecule has 0 radical (unpaired) electrons. The third-order valence-corrected chi connectivity index (χ3v) is 7.22. The maximum atomic E-state index is 12.4. The van der Waals surface area contributed by atoms with Gasteiger partial charge in [0.15, 0.2) is 0 Å². The van der Waals surface area contributed by atoms with Crippen LogP contribution in [0, 0.1) is 0 Å². The lowest BCUT2D eigenvalue weighted by atomic mass is 10.2. The van der Waals surface area contributed by atoms with E-state index in [2.05, 4.69) is 45.7 Å². The summed E-state index contributed by atoms with van der Waals surface area (Å²) >= 11 is 15.0. The molecule has 0 spiro atoms. The van der Waals surface area contributed by atoms with Gasteiger partial charge in [-0.25, -0.2) is 9.97 Å². The molecule has 2 aliphatic rings. The minimum atomic E-state index is -0.00831. The Hall–Kier alpha value is -1.97. The van der Waals surface area contributed by atoms with Crippen LogP contribution < -0.4 is 5.32 Å². The summed E-state index contributed by atoms with van der Waals surface area (Å²) in [6, 6.07) is 2.74. The van der Waals surface area contributed by atoms with Crippen LogP contribution in [0.25, 0.3) is 11.0 Å². The van der Waals surface area contributed by atoms with Crippen molar-refractivity contribution in [3.05, 3.63) is 39.2 Å². The van der Waals surface area contributed by atoms with E-state index in [1.54, 1.807) is 31.4 Å². The lowest BCUT2D eigenvalue weighted by Gasteiger charge is -2.18. The molecule has 0 saturated heterocycles.